The number of carboxylic acids is 1. The number of nitrogens with two attached hydrogens (primary N) is 1. The van der Waals surface area contributed by atoms with E-state index in [2.05, 4.69) is 0 Å². The second-order valence-electron chi connectivity index (χ2n) is 3.81. The quantitative estimate of drug-likeness (QED) is 0.751. The van der Waals surface area contributed by atoms with E-state index in [1.54, 1.807) is 24.3 Å². The summed E-state index contributed by atoms with van der Waals surface area (Å²) in [5, 5.41) is 8.67. The van der Waals surface area contributed by atoms with E-state index in [4.69, 9.17) is 10.8 Å². The number of urea groups is 1. The van der Waals surface area contributed by atoms with Crippen LogP contribution in [0.3, 0.4) is 0 Å². The molecule has 0 unspecified atom stereocenters. The van der Waals surface area contributed by atoms with Gasteiger partial charge in [-0.2, -0.15) is 0 Å². The number of anilines is 2. The number of para-hydroxylation sites is 2. The molecule has 90 valence electrons. The van der Waals surface area contributed by atoms with E-state index in [0.29, 0.717) is 24.5 Å². The second kappa shape index (κ2) is 4.32. The highest BCUT2D eigenvalue weighted by Crippen LogP contribution is 2.25. The highest BCUT2D eigenvalue weighted by molar-refractivity contribution is 5.98. The summed E-state index contributed by atoms with van der Waals surface area (Å²) < 4.78 is 0. The predicted octanol–water partition coefficient (Wildman–Crippen LogP) is 0.595. The Morgan fingerprint density at radius 1 is 1.35 bits per heavy atom. The average molecular weight is 235 g/mol. The summed E-state index contributed by atoms with van der Waals surface area (Å²) in [5.41, 5.74) is 6.92. The van der Waals surface area contributed by atoms with Gasteiger partial charge in [-0.25, -0.2) is 4.79 Å². The molecule has 2 rings (SSSR count). The summed E-state index contributed by atoms with van der Waals surface area (Å²) in [4.78, 5) is 25.3. The molecule has 0 bridgehead atoms. The number of aliphatic carboxylic acids is 1. The molecule has 6 nitrogen and oxygen atoms in total. The highest BCUT2D eigenvalue weighted by atomic mass is 16.4. The molecule has 1 aliphatic heterocycles. The normalized spacial score (nSPS) is 15.4. The van der Waals surface area contributed by atoms with Crippen molar-refractivity contribution in [3.8, 4) is 0 Å². The van der Waals surface area contributed by atoms with E-state index < -0.39 is 5.97 Å². The molecule has 1 fully saturated rings. The number of nitrogens with zero attached hydrogens (tertiary/aromatic N) is 2. The monoisotopic (exact) mass is 235 g/mol. The standard InChI is InChI=1S/C11H13N3O3/c12-8-3-1-2-4-9(8)14-6-5-13(11(14)17)7-10(15)16/h1-4H,5-7,12H2,(H,15,16). The zero-order valence-corrected chi connectivity index (χ0v) is 9.17. The minimum atomic E-state index is -1.01. The molecule has 2 amide bonds. The zero-order valence-electron chi connectivity index (χ0n) is 9.17. The van der Waals surface area contributed by atoms with Gasteiger partial charge in [0.1, 0.15) is 6.54 Å². The third kappa shape index (κ3) is 2.15. The summed E-state index contributed by atoms with van der Waals surface area (Å²) in [6.45, 7) is 0.585. The van der Waals surface area contributed by atoms with E-state index in [1.807, 2.05) is 0 Å². The van der Waals surface area contributed by atoms with Gasteiger partial charge in [0.15, 0.2) is 0 Å². The van der Waals surface area contributed by atoms with Gasteiger partial charge in [-0.15, -0.1) is 0 Å². The van der Waals surface area contributed by atoms with Gasteiger partial charge in [-0.1, -0.05) is 12.1 Å². The molecule has 1 aromatic rings. The maximum Gasteiger partial charge on any atom is 0.325 e. The molecule has 6 heteroatoms. The van der Waals surface area contributed by atoms with Gasteiger partial charge in [0.2, 0.25) is 0 Å². The Hall–Kier alpha value is -2.24. The lowest BCUT2D eigenvalue weighted by atomic mass is 10.2. The van der Waals surface area contributed by atoms with E-state index in [1.165, 1.54) is 9.80 Å². The van der Waals surface area contributed by atoms with Crippen LogP contribution in [0.25, 0.3) is 0 Å². The lowest BCUT2D eigenvalue weighted by molar-refractivity contribution is -0.137. The van der Waals surface area contributed by atoms with Crippen molar-refractivity contribution >= 4 is 23.4 Å². The molecular weight excluding hydrogens is 222 g/mol. The Morgan fingerprint density at radius 3 is 2.71 bits per heavy atom. The summed E-state index contributed by atoms with van der Waals surface area (Å²) in [7, 11) is 0. The number of hydrogen-bond acceptors (Lipinski definition) is 3. The van der Waals surface area contributed by atoms with Crippen LogP contribution in [0.5, 0.6) is 0 Å². The van der Waals surface area contributed by atoms with Crippen molar-refractivity contribution < 1.29 is 14.7 Å². The summed E-state index contributed by atoms with van der Waals surface area (Å²) >= 11 is 0. The number of carbonyl (C=O) groups is 2. The maximum absolute atomic E-state index is 11.9. The van der Waals surface area contributed by atoms with Crippen LogP contribution >= 0.6 is 0 Å². The fourth-order valence-electron chi connectivity index (χ4n) is 1.85. The first kappa shape index (κ1) is 11.3. The summed E-state index contributed by atoms with van der Waals surface area (Å²) in [6.07, 6.45) is 0. The number of nitrogen functional groups attached to an aromatic ring is 1. The number of carbonyl (C=O) groups excluding carboxylic acids is 1. The van der Waals surface area contributed by atoms with Crippen LogP contribution in [0, 0.1) is 0 Å². The average Bonchev–Trinajstić information content (AvgIpc) is 2.61. The van der Waals surface area contributed by atoms with Crippen molar-refractivity contribution in [1.29, 1.82) is 0 Å². The smallest absolute Gasteiger partial charge is 0.325 e. The predicted molar refractivity (Wildman–Crippen MR) is 62.8 cm³/mol. The first-order valence-corrected chi connectivity index (χ1v) is 5.22. The summed E-state index contributed by atoms with van der Waals surface area (Å²) in [5.74, 6) is -1.01. The lowest BCUT2D eigenvalue weighted by Crippen LogP contribution is -2.35. The Labute approximate surface area is 98.2 Å². The first-order valence-electron chi connectivity index (χ1n) is 5.22. The van der Waals surface area contributed by atoms with Crippen LogP contribution in [0.4, 0.5) is 16.2 Å². The third-order valence-electron chi connectivity index (χ3n) is 2.65. The van der Waals surface area contributed by atoms with Gasteiger partial charge >= 0.3 is 12.0 Å². The maximum atomic E-state index is 11.9. The zero-order chi connectivity index (χ0) is 12.4. The lowest BCUT2D eigenvalue weighted by Gasteiger charge is -2.18. The van der Waals surface area contributed by atoms with Crippen molar-refractivity contribution in [1.82, 2.24) is 4.90 Å². The minimum absolute atomic E-state index is 0.276. The SMILES string of the molecule is Nc1ccccc1N1CCN(CC(=O)O)C1=O. The molecule has 0 aromatic heterocycles. The highest BCUT2D eigenvalue weighted by Gasteiger charge is 2.31. The van der Waals surface area contributed by atoms with Gasteiger partial charge < -0.3 is 15.7 Å². The molecule has 1 aliphatic rings. The molecule has 0 radical (unpaired) electrons. The molecule has 1 saturated heterocycles. The Kier molecular flexibility index (Phi) is 2.86. The molecular formula is C11H13N3O3. The third-order valence-corrected chi connectivity index (χ3v) is 2.65. The molecule has 1 aromatic carbocycles. The topological polar surface area (TPSA) is 86.9 Å². The second-order valence-corrected chi connectivity index (χ2v) is 3.81. The Balaban J connectivity index is 2.18. The molecule has 0 saturated carbocycles. The Morgan fingerprint density at radius 2 is 2.06 bits per heavy atom. The fourth-order valence-corrected chi connectivity index (χ4v) is 1.85. The van der Waals surface area contributed by atoms with Gasteiger partial charge in [0.25, 0.3) is 0 Å². The van der Waals surface area contributed by atoms with Crippen LogP contribution in [0.2, 0.25) is 0 Å². The minimum Gasteiger partial charge on any atom is -0.480 e. The van der Waals surface area contributed by atoms with Gasteiger partial charge in [-0.05, 0) is 12.1 Å². The van der Waals surface area contributed by atoms with Crippen molar-refractivity contribution in [3.63, 3.8) is 0 Å². The number of hydrogen-bond donors (Lipinski definition) is 2. The van der Waals surface area contributed by atoms with Crippen LogP contribution in [-0.2, 0) is 4.79 Å². The first-order chi connectivity index (χ1) is 8.09. The van der Waals surface area contributed by atoms with E-state index >= 15 is 0 Å². The molecule has 0 aliphatic carbocycles. The van der Waals surface area contributed by atoms with Crippen molar-refractivity contribution in [2.75, 3.05) is 30.3 Å². The van der Waals surface area contributed by atoms with Gasteiger partial charge in [0.05, 0.1) is 11.4 Å². The van der Waals surface area contributed by atoms with Crippen LogP contribution in [0.1, 0.15) is 0 Å². The van der Waals surface area contributed by atoms with Crippen LogP contribution in [0.15, 0.2) is 24.3 Å². The molecule has 1 heterocycles. The van der Waals surface area contributed by atoms with Crippen molar-refractivity contribution in [3.05, 3.63) is 24.3 Å². The van der Waals surface area contributed by atoms with E-state index in [-0.39, 0.29) is 12.6 Å². The fraction of sp³-hybridized carbons (Fsp3) is 0.273. The molecule has 0 spiro atoms. The van der Waals surface area contributed by atoms with E-state index in [9.17, 15) is 9.59 Å². The molecule has 17 heavy (non-hydrogen) atoms. The van der Waals surface area contributed by atoms with Crippen LogP contribution < -0.4 is 10.6 Å². The number of rotatable bonds is 3. The number of amides is 2. The van der Waals surface area contributed by atoms with E-state index in [0.717, 1.165) is 0 Å². The molecule has 0 atom stereocenters. The number of benzene rings is 1. The van der Waals surface area contributed by atoms with Crippen LogP contribution in [-0.4, -0.2) is 41.6 Å². The van der Waals surface area contributed by atoms with Crippen molar-refractivity contribution in [2.24, 2.45) is 0 Å². The van der Waals surface area contributed by atoms with Gasteiger partial charge in [0, 0.05) is 13.1 Å². The van der Waals surface area contributed by atoms with Gasteiger partial charge in [-0.3, -0.25) is 9.69 Å². The molecule has 3 N–H and O–H groups in total. The largest absolute Gasteiger partial charge is 0.480 e. The van der Waals surface area contributed by atoms with Crippen molar-refractivity contribution in [2.45, 2.75) is 0 Å². The summed E-state index contributed by atoms with van der Waals surface area (Å²) in [6, 6.07) is 6.72. The Bertz CT molecular complexity index is 461. The number of carboxylic acid groups (broad SMARTS) is 1.